The molecule has 1 aliphatic heterocycles. The maximum absolute atomic E-state index is 12.3. The molecule has 116 valence electrons. The molecule has 2 amide bonds. The van der Waals surface area contributed by atoms with Crippen molar-refractivity contribution in [2.45, 2.75) is 17.2 Å². The molecule has 1 saturated heterocycles. The number of thiazole rings is 1. The Bertz CT molecular complexity index is 668. The van der Waals surface area contributed by atoms with Gasteiger partial charge < -0.3 is 10.6 Å². The van der Waals surface area contributed by atoms with E-state index in [-0.39, 0.29) is 17.7 Å². The van der Waals surface area contributed by atoms with Gasteiger partial charge in [0.05, 0.1) is 21.9 Å². The van der Waals surface area contributed by atoms with Crippen molar-refractivity contribution in [3.8, 4) is 0 Å². The molecule has 1 fully saturated rings. The Morgan fingerprint density at radius 1 is 1.41 bits per heavy atom. The Morgan fingerprint density at radius 3 is 3.00 bits per heavy atom. The van der Waals surface area contributed by atoms with E-state index in [1.165, 1.54) is 11.8 Å². The summed E-state index contributed by atoms with van der Waals surface area (Å²) in [7, 11) is 0. The number of carbonyl (C=O) groups is 2. The molecule has 0 radical (unpaired) electrons. The van der Waals surface area contributed by atoms with Crippen molar-refractivity contribution in [2.24, 2.45) is 11.7 Å². The predicted octanol–water partition coefficient (Wildman–Crippen LogP) is 2.11. The monoisotopic (exact) mass is 335 g/mol. The number of benzene rings is 1. The van der Waals surface area contributed by atoms with Crippen LogP contribution in [0, 0.1) is 5.92 Å². The van der Waals surface area contributed by atoms with Crippen LogP contribution in [0.3, 0.4) is 0 Å². The number of nitrogens with zero attached hydrogens (tertiary/aromatic N) is 2. The number of primary amides is 1. The lowest BCUT2D eigenvalue weighted by atomic mass is 9.97. The summed E-state index contributed by atoms with van der Waals surface area (Å²) in [5.74, 6) is -0.109. The first kappa shape index (κ1) is 15.3. The van der Waals surface area contributed by atoms with Crippen LogP contribution in [-0.2, 0) is 9.59 Å². The second-order valence-electron chi connectivity index (χ2n) is 5.32. The van der Waals surface area contributed by atoms with Crippen molar-refractivity contribution in [1.82, 2.24) is 9.88 Å². The molecule has 0 saturated carbocycles. The summed E-state index contributed by atoms with van der Waals surface area (Å²) in [6.45, 7) is 1.16. The maximum atomic E-state index is 12.3. The Kier molecular flexibility index (Phi) is 4.63. The van der Waals surface area contributed by atoms with Gasteiger partial charge in [-0.15, -0.1) is 11.3 Å². The summed E-state index contributed by atoms with van der Waals surface area (Å²) in [4.78, 5) is 29.8. The molecule has 0 spiro atoms. The van der Waals surface area contributed by atoms with Crippen LogP contribution in [0.4, 0.5) is 0 Å². The first-order valence-corrected chi connectivity index (χ1v) is 8.99. The Labute approximate surface area is 136 Å². The Balaban J connectivity index is 1.58. The molecule has 2 heterocycles. The second-order valence-corrected chi connectivity index (χ2v) is 7.57. The van der Waals surface area contributed by atoms with Crippen molar-refractivity contribution in [3.05, 3.63) is 24.3 Å². The Morgan fingerprint density at radius 2 is 2.23 bits per heavy atom. The van der Waals surface area contributed by atoms with Crippen LogP contribution in [0.25, 0.3) is 10.2 Å². The summed E-state index contributed by atoms with van der Waals surface area (Å²) < 4.78 is 2.03. The van der Waals surface area contributed by atoms with Gasteiger partial charge in [0.2, 0.25) is 11.8 Å². The molecule has 5 nitrogen and oxygen atoms in total. The molecular formula is C15H17N3O2S2. The van der Waals surface area contributed by atoms with Gasteiger partial charge in [0, 0.05) is 13.1 Å². The Hall–Kier alpha value is -1.60. The largest absolute Gasteiger partial charge is 0.369 e. The van der Waals surface area contributed by atoms with Crippen LogP contribution in [0.15, 0.2) is 28.6 Å². The van der Waals surface area contributed by atoms with Gasteiger partial charge in [-0.25, -0.2) is 4.98 Å². The SMILES string of the molecule is NC(=O)[C@H]1CCCN(C(=O)CSc2nc3ccccc3s2)C1. The van der Waals surface area contributed by atoms with Crippen LogP contribution in [0.5, 0.6) is 0 Å². The fourth-order valence-electron chi connectivity index (χ4n) is 2.56. The van der Waals surface area contributed by atoms with Crippen LogP contribution < -0.4 is 5.73 Å². The molecule has 22 heavy (non-hydrogen) atoms. The lowest BCUT2D eigenvalue weighted by Crippen LogP contribution is -2.44. The standard InChI is InChI=1S/C15H17N3O2S2/c16-14(20)10-4-3-7-18(8-10)13(19)9-21-15-17-11-5-1-2-6-12(11)22-15/h1-2,5-6,10H,3-4,7-9H2,(H2,16,20)/t10-/m0/s1. The summed E-state index contributed by atoms with van der Waals surface area (Å²) in [5, 5.41) is 0. The highest BCUT2D eigenvalue weighted by molar-refractivity contribution is 8.01. The highest BCUT2D eigenvalue weighted by Crippen LogP contribution is 2.29. The molecular weight excluding hydrogens is 318 g/mol. The van der Waals surface area contributed by atoms with Gasteiger partial charge in [0.1, 0.15) is 0 Å². The third-order valence-corrected chi connectivity index (χ3v) is 5.93. The van der Waals surface area contributed by atoms with E-state index in [0.717, 1.165) is 27.4 Å². The van der Waals surface area contributed by atoms with E-state index in [9.17, 15) is 9.59 Å². The highest BCUT2D eigenvalue weighted by Gasteiger charge is 2.26. The molecule has 1 aromatic carbocycles. The van der Waals surface area contributed by atoms with E-state index in [0.29, 0.717) is 18.8 Å². The number of hydrogen-bond donors (Lipinski definition) is 1. The zero-order valence-corrected chi connectivity index (χ0v) is 13.7. The molecule has 1 aromatic heterocycles. The van der Waals surface area contributed by atoms with Crippen LogP contribution in [0.1, 0.15) is 12.8 Å². The van der Waals surface area contributed by atoms with Gasteiger partial charge in [-0.2, -0.15) is 0 Å². The van der Waals surface area contributed by atoms with Gasteiger partial charge in [-0.05, 0) is 25.0 Å². The number of amides is 2. The summed E-state index contributed by atoms with van der Waals surface area (Å²) in [5.41, 5.74) is 6.31. The van der Waals surface area contributed by atoms with Gasteiger partial charge in [0.15, 0.2) is 4.34 Å². The average Bonchev–Trinajstić information content (AvgIpc) is 2.95. The van der Waals surface area contributed by atoms with Crippen LogP contribution >= 0.6 is 23.1 Å². The van der Waals surface area contributed by atoms with E-state index in [4.69, 9.17) is 5.73 Å². The van der Waals surface area contributed by atoms with Crippen molar-refractivity contribution in [3.63, 3.8) is 0 Å². The molecule has 2 aromatic rings. The molecule has 0 bridgehead atoms. The predicted molar refractivity (Wildman–Crippen MR) is 88.8 cm³/mol. The third-order valence-electron chi connectivity index (χ3n) is 3.77. The number of nitrogens with two attached hydrogens (primary N) is 1. The number of carbonyl (C=O) groups excluding carboxylic acids is 2. The smallest absolute Gasteiger partial charge is 0.233 e. The first-order chi connectivity index (χ1) is 10.6. The van der Waals surface area contributed by atoms with Crippen LogP contribution in [-0.4, -0.2) is 40.5 Å². The minimum Gasteiger partial charge on any atom is -0.369 e. The summed E-state index contributed by atoms with van der Waals surface area (Å²) in [6, 6.07) is 7.94. The van der Waals surface area contributed by atoms with Crippen molar-refractivity contribution in [1.29, 1.82) is 0 Å². The minimum absolute atomic E-state index is 0.0511. The molecule has 1 aliphatic rings. The van der Waals surface area contributed by atoms with Gasteiger partial charge in [0.25, 0.3) is 0 Å². The molecule has 3 rings (SSSR count). The van der Waals surface area contributed by atoms with E-state index >= 15 is 0 Å². The van der Waals surface area contributed by atoms with E-state index in [1.54, 1.807) is 16.2 Å². The fraction of sp³-hybridized carbons (Fsp3) is 0.400. The summed E-state index contributed by atoms with van der Waals surface area (Å²) >= 11 is 3.06. The lowest BCUT2D eigenvalue weighted by Gasteiger charge is -2.31. The molecule has 2 N–H and O–H groups in total. The number of likely N-dealkylation sites (tertiary alicyclic amines) is 1. The second kappa shape index (κ2) is 6.66. The van der Waals surface area contributed by atoms with Crippen LogP contribution in [0.2, 0.25) is 0 Å². The van der Waals surface area contributed by atoms with E-state index < -0.39 is 0 Å². The average molecular weight is 335 g/mol. The summed E-state index contributed by atoms with van der Waals surface area (Å²) in [6.07, 6.45) is 1.62. The molecule has 0 unspecified atom stereocenters. The number of piperidine rings is 1. The van der Waals surface area contributed by atoms with Gasteiger partial charge in [-0.3, -0.25) is 9.59 Å². The zero-order valence-electron chi connectivity index (χ0n) is 12.0. The topological polar surface area (TPSA) is 76.3 Å². The van der Waals surface area contributed by atoms with Crippen molar-refractivity contribution >= 4 is 45.1 Å². The van der Waals surface area contributed by atoms with Gasteiger partial charge >= 0.3 is 0 Å². The third kappa shape index (κ3) is 3.41. The lowest BCUT2D eigenvalue weighted by molar-refractivity contribution is -0.132. The first-order valence-electron chi connectivity index (χ1n) is 7.19. The van der Waals surface area contributed by atoms with Gasteiger partial charge in [-0.1, -0.05) is 23.9 Å². The number of rotatable bonds is 4. The number of aromatic nitrogens is 1. The zero-order chi connectivity index (χ0) is 15.5. The minimum atomic E-state index is -0.309. The van der Waals surface area contributed by atoms with E-state index in [2.05, 4.69) is 4.98 Å². The normalized spacial score (nSPS) is 18.5. The van der Waals surface area contributed by atoms with Crippen molar-refractivity contribution in [2.75, 3.05) is 18.8 Å². The molecule has 1 atom stereocenters. The van der Waals surface area contributed by atoms with Crippen molar-refractivity contribution < 1.29 is 9.59 Å². The number of fused-ring (bicyclic) bond motifs is 1. The number of hydrogen-bond acceptors (Lipinski definition) is 5. The quantitative estimate of drug-likeness (QED) is 0.868. The molecule has 7 heteroatoms. The highest BCUT2D eigenvalue weighted by atomic mass is 32.2. The number of thioether (sulfide) groups is 1. The molecule has 0 aliphatic carbocycles. The fourth-order valence-corrected chi connectivity index (χ4v) is 4.53. The number of para-hydroxylation sites is 1. The maximum Gasteiger partial charge on any atom is 0.233 e. The van der Waals surface area contributed by atoms with E-state index in [1.807, 2.05) is 24.3 Å².